The van der Waals surface area contributed by atoms with Crippen LogP contribution in [0.15, 0.2) is 30.3 Å². The third kappa shape index (κ3) is 6.12. The van der Waals surface area contributed by atoms with E-state index in [0.29, 0.717) is 0 Å². The Bertz CT molecular complexity index is 316. The van der Waals surface area contributed by atoms with Crippen LogP contribution in [0, 0.1) is 0 Å². The SMILES string of the molecule is CCCNCCC=Cc1ccc(OCC)cc1. The van der Waals surface area contributed by atoms with Crippen molar-refractivity contribution in [3.63, 3.8) is 0 Å². The second-order valence-corrected chi connectivity index (χ2v) is 3.94. The predicted octanol–water partition coefficient (Wildman–Crippen LogP) is 3.49. The summed E-state index contributed by atoms with van der Waals surface area (Å²) in [6.07, 6.45) is 6.64. The molecule has 17 heavy (non-hydrogen) atoms. The maximum absolute atomic E-state index is 5.40. The zero-order valence-corrected chi connectivity index (χ0v) is 10.9. The van der Waals surface area contributed by atoms with E-state index >= 15 is 0 Å². The van der Waals surface area contributed by atoms with E-state index in [2.05, 4.69) is 36.5 Å². The fourth-order valence-corrected chi connectivity index (χ4v) is 1.55. The molecule has 0 saturated heterocycles. The number of hydrogen-bond acceptors (Lipinski definition) is 2. The first kappa shape index (κ1) is 13.8. The van der Waals surface area contributed by atoms with E-state index in [4.69, 9.17) is 4.74 Å². The highest BCUT2D eigenvalue weighted by atomic mass is 16.5. The molecular weight excluding hydrogens is 210 g/mol. The topological polar surface area (TPSA) is 21.3 Å². The summed E-state index contributed by atoms with van der Waals surface area (Å²) in [7, 11) is 0. The van der Waals surface area contributed by atoms with Crippen molar-refractivity contribution in [1.29, 1.82) is 0 Å². The van der Waals surface area contributed by atoms with Crippen molar-refractivity contribution >= 4 is 6.08 Å². The summed E-state index contributed by atoms with van der Waals surface area (Å²) >= 11 is 0. The Morgan fingerprint density at radius 2 is 1.88 bits per heavy atom. The number of hydrogen-bond donors (Lipinski definition) is 1. The minimum absolute atomic E-state index is 0.721. The second-order valence-electron chi connectivity index (χ2n) is 3.94. The molecule has 0 atom stereocenters. The highest BCUT2D eigenvalue weighted by molar-refractivity contribution is 5.50. The number of rotatable bonds is 8. The van der Waals surface area contributed by atoms with Crippen LogP contribution in [-0.4, -0.2) is 19.7 Å². The first-order valence-electron chi connectivity index (χ1n) is 6.47. The van der Waals surface area contributed by atoms with Crippen LogP contribution in [0.25, 0.3) is 6.08 Å². The summed E-state index contributed by atoms with van der Waals surface area (Å²) in [4.78, 5) is 0. The molecule has 0 amide bonds. The minimum Gasteiger partial charge on any atom is -0.494 e. The van der Waals surface area contributed by atoms with Gasteiger partial charge in [0.15, 0.2) is 0 Å². The van der Waals surface area contributed by atoms with Gasteiger partial charge in [-0.1, -0.05) is 31.2 Å². The Labute approximate surface area is 105 Å². The Balaban J connectivity index is 2.28. The van der Waals surface area contributed by atoms with Crippen LogP contribution in [0.3, 0.4) is 0 Å². The monoisotopic (exact) mass is 233 g/mol. The molecule has 0 aromatic heterocycles. The molecule has 0 saturated carbocycles. The predicted molar refractivity (Wildman–Crippen MR) is 74.4 cm³/mol. The van der Waals surface area contributed by atoms with E-state index in [9.17, 15) is 0 Å². The molecule has 0 fully saturated rings. The molecule has 1 N–H and O–H groups in total. The first-order chi connectivity index (χ1) is 8.36. The summed E-state index contributed by atoms with van der Waals surface area (Å²) in [6, 6.07) is 8.19. The minimum atomic E-state index is 0.721. The van der Waals surface area contributed by atoms with Crippen LogP contribution in [0.4, 0.5) is 0 Å². The lowest BCUT2D eigenvalue weighted by Crippen LogP contribution is -2.14. The molecular formula is C15H23NO. The standard InChI is InChI=1S/C15H23NO/c1-3-12-16-13-6-5-7-14-8-10-15(11-9-14)17-4-2/h5,7-11,16H,3-4,6,12-13H2,1-2H3. The number of benzene rings is 1. The molecule has 0 bridgehead atoms. The third-order valence-corrected chi connectivity index (χ3v) is 2.42. The van der Waals surface area contributed by atoms with E-state index in [-0.39, 0.29) is 0 Å². The highest BCUT2D eigenvalue weighted by Gasteiger charge is 1.91. The zero-order valence-electron chi connectivity index (χ0n) is 10.9. The van der Waals surface area contributed by atoms with Gasteiger partial charge in [0.25, 0.3) is 0 Å². The van der Waals surface area contributed by atoms with E-state index < -0.39 is 0 Å². The highest BCUT2D eigenvalue weighted by Crippen LogP contribution is 2.13. The van der Waals surface area contributed by atoms with Crippen LogP contribution in [0.2, 0.25) is 0 Å². The van der Waals surface area contributed by atoms with Gasteiger partial charge in [-0.05, 0) is 50.6 Å². The van der Waals surface area contributed by atoms with Crippen LogP contribution in [0.1, 0.15) is 32.3 Å². The Hall–Kier alpha value is -1.28. The second kappa shape index (κ2) is 8.82. The fraction of sp³-hybridized carbons (Fsp3) is 0.467. The normalized spacial score (nSPS) is 10.9. The lowest BCUT2D eigenvalue weighted by molar-refractivity contribution is 0.340. The van der Waals surface area contributed by atoms with Gasteiger partial charge >= 0.3 is 0 Å². The average Bonchev–Trinajstić information content (AvgIpc) is 2.36. The average molecular weight is 233 g/mol. The quantitative estimate of drug-likeness (QED) is 0.694. The van der Waals surface area contributed by atoms with Crippen molar-refractivity contribution in [1.82, 2.24) is 5.32 Å². The summed E-state index contributed by atoms with van der Waals surface area (Å²) in [6.45, 7) is 7.07. The summed E-state index contributed by atoms with van der Waals surface area (Å²) in [5.41, 5.74) is 1.23. The summed E-state index contributed by atoms with van der Waals surface area (Å²) in [5.74, 6) is 0.939. The molecule has 0 aliphatic heterocycles. The van der Waals surface area contributed by atoms with Crippen LogP contribution >= 0.6 is 0 Å². The number of nitrogens with one attached hydrogen (secondary N) is 1. The number of ether oxygens (including phenoxy) is 1. The Kier molecular flexibility index (Phi) is 7.15. The van der Waals surface area contributed by atoms with Gasteiger partial charge in [-0.15, -0.1) is 0 Å². The lowest BCUT2D eigenvalue weighted by atomic mass is 10.2. The molecule has 1 aromatic rings. The van der Waals surface area contributed by atoms with Crippen LogP contribution in [-0.2, 0) is 0 Å². The first-order valence-corrected chi connectivity index (χ1v) is 6.47. The van der Waals surface area contributed by atoms with Crippen LogP contribution in [0.5, 0.6) is 5.75 Å². The molecule has 0 radical (unpaired) electrons. The van der Waals surface area contributed by atoms with Gasteiger partial charge in [0.1, 0.15) is 5.75 Å². The molecule has 0 unspecified atom stereocenters. The van der Waals surface area contributed by atoms with Crippen molar-refractivity contribution in [2.45, 2.75) is 26.7 Å². The van der Waals surface area contributed by atoms with Crippen molar-refractivity contribution in [2.75, 3.05) is 19.7 Å². The molecule has 2 heteroatoms. The summed E-state index contributed by atoms with van der Waals surface area (Å²) < 4.78 is 5.40. The van der Waals surface area contributed by atoms with Gasteiger partial charge in [0.05, 0.1) is 6.61 Å². The largest absolute Gasteiger partial charge is 0.494 e. The molecule has 1 rings (SSSR count). The molecule has 0 spiro atoms. The smallest absolute Gasteiger partial charge is 0.119 e. The third-order valence-electron chi connectivity index (χ3n) is 2.42. The van der Waals surface area contributed by atoms with Gasteiger partial charge in [-0.25, -0.2) is 0 Å². The summed E-state index contributed by atoms with van der Waals surface area (Å²) in [5, 5.41) is 3.38. The van der Waals surface area contributed by atoms with Crippen molar-refractivity contribution < 1.29 is 4.74 Å². The van der Waals surface area contributed by atoms with Crippen LogP contribution < -0.4 is 10.1 Å². The fourth-order valence-electron chi connectivity index (χ4n) is 1.55. The van der Waals surface area contributed by atoms with E-state index in [1.807, 2.05) is 19.1 Å². The van der Waals surface area contributed by atoms with Gasteiger partial charge in [-0.3, -0.25) is 0 Å². The van der Waals surface area contributed by atoms with Gasteiger partial charge in [0.2, 0.25) is 0 Å². The maximum atomic E-state index is 5.40. The van der Waals surface area contributed by atoms with E-state index in [1.54, 1.807) is 0 Å². The molecule has 94 valence electrons. The molecule has 0 aliphatic carbocycles. The Morgan fingerprint density at radius 3 is 2.53 bits per heavy atom. The Morgan fingerprint density at radius 1 is 1.12 bits per heavy atom. The molecule has 0 aliphatic rings. The molecule has 1 aromatic carbocycles. The van der Waals surface area contributed by atoms with Crippen molar-refractivity contribution in [3.8, 4) is 5.75 Å². The maximum Gasteiger partial charge on any atom is 0.119 e. The molecule has 2 nitrogen and oxygen atoms in total. The zero-order chi connectivity index (χ0) is 12.3. The van der Waals surface area contributed by atoms with Gasteiger partial charge < -0.3 is 10.1 Å². The van der Waals surface area contributed by atoms with E-state index in [1.165, 1.54) is 12.0 Å². The van der Waals surface area contributed by atoms with Gasteiger partial charge in [0, 0.05) is 0 Å². The van der Waals surface area contributed by atoms with Crippen molar-refractivity contribution in [3.05, 3.63) is 35.9 Å². The van der Waals surface area contributed by atoms with Crippen molar-refractivity contribution in [2.24, 2.45) is 0 Å². The van der Waals surface area contributed by atoms with Gasteiger partial charge in [-0.2, -0.15) is 0 Å². The van der Waals surface area contributed by atoms with E-state index in [0.717, 1.165) is 31.9 Å². The lowest BCUT2D eigenvalue weighted by Gasteiger charge is -2.02. The molecule has 0 heterocycles.